The first-order chi connectivity index (χ1) is 14.3. The highest BCUT2D eigenvalue weighted by molar-refractivity contribution is 7.91. The summed E-state index contributed by atoms with van der Waals surface area (Å²) in [6.07, 6.45) is -5.08. The van der Waals surface area contributed by atoms with Crippen molar-refractivity contribution in [2.75, 3.05) is 24.7 Å². The van der Waals surface area contributed by atoms with Gasteiger partial charge >= 0.3 is 6.18 Å². The summed E-state index contributed by atoms with van der Waals surface area (Å²) in [5, 5.41) is 2.10. The third-order valence-corrected chi connectivity index (χ3v) is 6.43. The van der Waals surface area contributed by atoms with Crippen LogP contribution in [0.15, 0.2) is 47.4 Å². The van der Waals surface area contributed by atoms with Crippen LogP contribution in [0.1, 0.15) is 12.0 Å². The quantitative estimate of drug-likeness (QED) is 0.620. The van der Waals surface area contributed by atoms with Gasteiger partial charge in [-0.3, -0.25) is 9.59 Å². The number of rotatable bonds is 7. The summed E-state index contributed by atoms with van der Waals surface area (Å²) in [6.45, 7) is -0.482. The first-order valence-electron chi connectivity index (χ1n) is 8.68. The van der Waals surface area contributed by atoms with Crippen molar-refractivity contribution in [2.24, 2.45) is 0 Å². The Morgan fingerprint density at radius 2 is 1.68 bits per heavy atom. The van der Waals surface area contributed by atoms with Crippen LogP contribution in [0.4, 0.5) is 18.9 Å². The Morgan fingerprint density at radius 1 is 1.06 bits per heavy atom. The second-order valence-electron chi connectivity index (χ2n) is 6.51. The molecule has 0 spiro atoms. The molecule has 0 fully saturated rings. The van der Waals surface area contributed by atoms with E-state index in [1.165, 1.54) is 37.4 Å². The van der Waals surface area contributed by atoms with E-state index in [-0.39, 0.29) is 17.0 Å². The molecule has 0 heterocycles. The summed E-state index contributed by atoms with van der Waals surface area (Å²) in [5.74, 6) is -1.86. The molecule has 168 valence electrons. The number of hydrogen-bond donors (Lipinski definition) is 1. The normalized spacial score (nSPS) is 11.8. The van der Waals surface area contributed by atoms with Crippen molar-refractivity contribution < 1.29 is 31.2 Å². The number of hydrogen-bond acceptors (Lipinski definition) is 4. The Morgan fingerprint density at radius 3 is 2.26 bits per heavy atom. The highest BCUT2D eigenvalue weighted by Gasteiger charge is 2.33. The van der Waals surface area contributed by atoms with Crippen molar-refractivity contribution >= 4 is 50.5 Å². The van der Waals surface area contributed by atoms with E-state index in [1.54, 1.807) is 0 Å². The summed E-state index contributed by atoms with van der Waals surface area (Å²) < 4.78 is 63.3. The number of benzene rings is 2. The highest BCUT2D eigenvalue weighted by atomic mass is 35.5. The van der Waals surface area contributed by atoms with E-state index in [0.717, 1.165) is 11.0 Å². The summed E-state index contributed by atoms with van der Waals surface area (Å²) in [4.78, 5) is 25.3. The summed E-state index contributed by atoms with van der Waals surface area (Å²) in [7, 11) is -2.45. The fraction of sp³-hybridized carbons (Fsp3) is 0.263. The number of amides is 2. The van der Waals surface area contributed by atoms with Crippen molar-refractivity contribution in [3.05, 3.63) is 58.1 Å². The predicted octanol–water partition coefficient (Wildman–Crippen LogP) is 4.27. The standard InChI is InChI=1S/C19H17Cl2F3N2O4S/c1-26(18(28)8-9-31(29,30)14-5-2-12(20)3-6-14)11-17(27)25-13-4-7-16(21)15(10-13)19(22,23)24/h2-7,10H,8-9,11H2,1H3,(H,25,27). The molecule has 0 saturated carbocycles. The lowest BCUT2D eigenvalue weighted by Gasteiger charge is -2.17. The van der Waals surface area contributed by atoms with E-state index in [0.29, 0.717) is 11.1 Å². The van der Waals surface area contributed by atoms with Gasteiger partial charge in [-0.25, -0.2) is 8.42 Å². The molecule has 0 radical (unpaired) electrons. The van der Waals surface area contributed by atoms with E-state index in [4.69, 9.17) is 23.2 Å². The minimum absolute atomic E-state index is 0.00769. The van der Waals surface area contributed by atoms with Gasteiger partial charge in [0.2, 0.25) is 11.8 Å². The first-order valence-corrected chi connectivity index (χ1v) is 11.1. The fourth-order valence-corrected chi connectivity index (χ4v) is 4.08. The maximum absolute atomic E-state index is 12.9. The molecule has 2 aromatic rings. The lowest BCUT2D eigenvalue weighted by molar-refractivity contribution is -0.137. The van der Waals surface area contributed by atoms with Gasteiger partial charge in [0.15, 0.2) is 9.84 Å². The van der Waals surface area contributed by atoms with Gasteiger partial charge in [0.25, 0.3) is 0 Å². The number of anilines is 1. The zero-order chi connectivity index (χ0) is 23.4. The Balaban J connectivity index is 1.94. The number of sulfone groups is 1. The molecule has 0 aliphatic heterocycles. The van der Waals surface area contributed by atoms with Crippen LogP contribution in [0.5, 0.6) is 0 Å². The topological polar surface area (TPSA) is 83.6 Å². The van der Waals surface area contributed by atoms with Crippen molar-refractivity contribution in [3.63, 3.8) is 0 Å². The van der Waals surface area contributed by atoms with Crippen LogP contribution in [0.2, 0.25) is 10.0 Å². The van der Waals surface area contributed by atoms with Gasteiger partial charge < -0.3 is 10.2 Å². The first kappa shape index (κ1) is 25.0. The average Bonchev–Trinajstić information content (AvgIpc) is 2.67. The largest absolute Gasteiger partial charge is 0.417 e. The molecule has 12 heteroatoms. The number of alkyl halides is 3. The van der Waals surface area contributed by atoms with Gasteiger partial charge in [-0.1, -0.05) is 23.2 Å². The summed E-state index contributed by atoms with van der Waals surface area (Å²) >= 11 is 11.2. The molecular formula is C19H17Cl2F3N2O4S. The molecule has 0 bridgehead atoms. The van der Waals surface area contributed by atoms with E-state index in [9.17, 15) is 31.2 Å². The van der Waals surface area contributed by atoms with E-state index in [2.05, 4.69) is 5.32 Å². The van der Waals surface area contributed by atoms with Gasteiger partial charge in [-0.05, 0) is 42.5 Å². The van der Waals surface area contributed by atoms with Gasteiger partial charge in [-0.2, -0.15) is 13.2 Å². The number of nitrogens with zero attached hydrogens (tertiary/aromatic N) is 1. The number of carbonyl (C=O) groups excluding carboxylic acids is 2. The molecule has 0 aromatic heterocycles. The fourth-order valence-electron chi connectivity index (χ4n) is 2.50. The molecule has 0 unspecified atom stereocenters. The van der Waals surface area contributed by atoms with Crippen LogP contribution < -0.4 is 5.32 Å². The van der Waals surface area contributed by atoms with Gasteiger partial charge in [0, 0.05) is 24.2 Å². The lowest BCUT2D eigenvalue weighted by Crippen LogP contribution is -2.35. The maximum atomic E-state index is 12.9. The zero-order valence-corrected chi connectivity index (χ0v) is 18.4. The van der Waals surface area contributed by atoms with Crippen molar-refractivity contribution in [1.29, 1.82) is 0 Å². The number of nitrogens with one attached hydrogen (secondary N) is 1. The summed E-state index contributed by atoms with van der Waals surface area (Å²) in [6, 6.07) is 8.33. The minimum atomic E-state index is -4.69. The number of carbonyl (C=O) groups is 2. The molecule has 31 heavy (non-hydrogen) atoms. The Hall–Kier alpha value is -2.30. The molecule has 0 aliphatic rings. The van der Waals surface area contributed by atoms with E-state index >= 15 is 0 Å². The molecule has 0 aliphatic carbocycles. The molecule has 2 aromatic carbocycles. The second kappa shape index (κ2) is 9.88. The van der Waals surface area contributed by atoms with Gasteiger partial charge in [0.1, 0.15) is 0 Å². The maximum Gasteiger partial charge on any atom is 0.417 e. The van der Waals surface area contributed by atoms with Crippen LogP contribution >= 0.6 is 23.2 Å². The minimum Gasteiger partial charge on any atom is -0.336 e. The van der Waals surface area contributed by atoms with Gasteiger partial charge in [-0.15, -0.1) is 0 Å². The molecule has 2 rings (SSSR count). The van der Waals surface area contributed by atoms with Crippen LogP contribution in [0.25, 0.3) is 0 Å². The monoisotopic (exact) mass is 496 g/mol. The second-order valence-corrected chi connectivity index (χ2v) is 9.47. The molecule has 0 atom stereocenters. The molecule has 1 N–H and O–H groups in total. The van der Waals surface area contributed by atoms with Crippen molar-refractivity contribution in [2.45, 2.75) is 17.5 Å². The van der Waals surface area contributed by atoms with Crippen LogP contribution in [-0.2, 0) is 25.6 Å². The Labute approximate surface area is 186 Å². The number of halogens is 5. The zero-order valence-electron chi connectivity index (χ0n) is 16.0. The predicted molar refractivity (Wildman–Crippen MR) is 111 cm³/mol. The van der Waals surface area contributed by atoms with Crippen molar-refractivity contribution in [3.8, 4) is 0 Å². The molecule has 0 saturated heterocycles. The molecular weight excluding hydrogens is 480 g/mol. The van der Waals surface area contributed by atoms with Gasteiger partial charge in [0.05, 0.1) is 27.8 Å². The third-order valence-electron chi connectivity index (χ3n) is 4.12. The Kier molecular flexibility index (Phi) is 7.96. The Bertz CT molecular complexity index is 1070. The summed E-state index contributed by atoms with van der Waals surface area (Å²) in [5.41, 5.74) is -1.25. The smallest absolute Gasteiger partial charge is 0.336 e. The molecule has 6 nitrogen and oxygen atoms in total. The van der Waals surface area contributed by atoms with Crippen LogP contribution in [-0.4, -0.2) is 44.5 Å². The van der Waals surface area contributed by atoms with Crippen molar-refractivity contribution in [1.82, 2.24) is 4.90 Å². The number of likely N-dealkylation sites (N-methyl/N-ethyl adjacent to an activating group) is 1. The molecule has 2 amide bonds. The van der Waals surface area contributed by atoms with Crippen LogP contribution in [0, 0.1) is 0 Å². The van der Waals surface area contributed by atoms with E-state index < -0.39 is 50.7 Å². The third kappa shape index (κ3) is 7.12. The highest BCUT2D eigenvalue weighted by Crippen LogP contribution is 2.36. The SMILES string of the molecule is CN(CC(=O)Nc1ccc(Cl)c(C(F)(F)F)c1)C(=O)CCS(=O)(=O)c1ccc(Cl)cc1. The lowest BCUT2D eigenvalue weighted by atomic mass is 10.2. The average molecular weight is 497 g/mol. The van der Waals surface area contributed by atoms with E-state index in [1.807, 2.05) is 0 Å². The van der Waals surface area contributed by atoms with Crippen LogP contribution in [0.3, 0.4) is 0 Å².